The molecule has 2 aromatic carbocycles. The van der Waals surface area contributed by atoms with Gasteiger partial charge in [-0.1, -0.05) is 35.3 Å². The van der Waals surface area contributed by atoms with Gasteiger partial charge in [-0.25, -0.2) is 4.39 Å². The summed E-state index contributed by atoms with van der Waals surface area (Å²) in [6.45, 7) is -2.45. The van der Waals surface area contributed by atoms with E-state index in [1.165, 1.54) is 12.1 Å². The molecule has 3 nitrogen and oxygen atoms in total. The Morgan fingerprint density at radius 1 is 1.55 bits per heavy atom. The first-order valence-electron chi connectivity index (χ1n) is 8.50. The molecule has 0 saturated heterocycles. The number of halogens is 2. The number of anilines is 2. The number of nitrogens with one attached hydrogen (secondary N) is 1. The van der Waals surface area contributed by atoms with Crippen molar-refractivity contribution in [1.29, 1.82) is 0 Å². The summed E-state index contributed by atoms with van der Waals surface area (Å²) in [5.41, 5.74) is -0.409. The van der Waals surface area contributed by atoms with Crippen molar-refractivity contribution >= 4 is 28.9 Å². The molecule has 2 aromatic rings. The van der Waals surface area contributed by atoms with Crippen LogP contribution in [0.3, 0.4) is 0 Å². The summed E-state index contributed by atoms with van der Waals surface area (Å²) in [6, 6.07) is 1.59. The quantitative estimate of drug-likeness (QED) is 0.891. The maximum Gasteiger partial charge on any atom is 0.307 e. The minimum atomic E-state index is -2.45. The Morgan fingerprint density at radius 3 is 3.05 bits per heavy atom. The van der Waals surface area contributed by atoms with E-state index in [4.69, 9.17) is 24.9 Å². The zero-order chi connectivity index (χ0) is 19.8. The van der Waals surface area contributed by atoms with Crippen LogP contribution in [-0.2, 0) is 11.2 Å². The largest absolute Gasteiger partial charge is 0.481 e. The van der Waals surface area contributed by atoms with Gasteiger partial charge in [-0.05, 0) is 30.6 Å². The SMILES string of the molecule is [2H]c1c([2H])c(F)c(Nc2ccc(C([2H])([2H])[2H])cc2CC(=O)O)c(Cl)c1[2H]. The summed E-state index contributed by atoms with van der Waals surface area (Å²) < 4.78 is 59.2. The molecule has 0 spiro atoms. The van der Waals surface area contributed by atoms with Crippen LogP contribution in [-0.4, -0.2) is 11.1 Å². The molecule has 0 heterocycles. The Morgan fingerprint density at radius 2 is 2.35 bits per heavy atom. The lowest BCUT2D eigenvalue weighted by Gasteiger charge is -2.13. The van der Waals surface area contributed by atoms with E-state index in [0.29, 0.717) is 0 Å². The number of para-hydroxylation sites is 1. The molecule has 0 aliphatic rings. The maximum atomic E-state index is 14.3. The minimum absolute atomic E-state index is 0.0644. The fourth-order valence-corrected chi connectivity index (χ4v) is 1.81. The van der Waals surface area contributed by atoms with Crippen LogP contribution in [0.5, 0.6) is 0 Å². The van der Waals surface area contributed by atoms with E-state index in [0.717, 1.165) is 6.07 Å². The summed E-state index contributed by atoms with van der Waals surface area (Å²) in [6.07, 6.45) is -0.538. The third kappa shape index (κ3) is 3.27. The second-order valence-electron chi connectivity index (χ2n) is 3.95. The Labute approximate surface area is 129 Å². The van der Waals surface area contributed by atoms with E-state index in [1.807, 2.05) is 0 Å². The van der Waals surface area contributed by atoms with E-state index in [2.05, 4.69) is 5.32 Å². The van der Waals surface area contributed by atoms with Gasteiger partial charge in [0.2, 0.25) is 0 Å². The van der Waals surface area contributed by atoms with Crippen molar-refractivity contribution in [2.24, 2.45) is 0 Å². The Bertz CT molecular complexity index is 858. The molecule has 0 saturated carbocycles. The zero-order valence-corrected chi connectivity index (χ0v) is 10.8. The van der Waals surface area contributed by atoms with Gasteiger partial charge < -0.3 is 10.4 Å². The molecular formula is C15H13ClFNO2. The van der Waals surface area contributed by atoms with Gasteiger partial charge in [-0.3, -0.25) is 4.79 Å². The summed E-state index contributed by atoms with van der Waals surface area (Å²) in [5.74, 6) is -2.40. The van der Waals surface area contributed by atoms with Crippen LogP contribution in [0.15, 0.2) is 36.3 Å². The van der Waals surface area contributed by atoms with Gasteiger partial charge in [0.25, 0.3) is 0 Å². The molecule has 5 heteroatoms. The van der Waals surface area contributed by atoms with Crippen molar-refractivity contribution in [3.63, 3.8) is 0 Å². The minimum Gasteiger partial charge on any atom is -0.481 e. The van der Waals surface area contributed by atoms with Crippen LogP contribution in [0.1, 0.15) is 19.4 Å². The van der Waals surface area contributed by atoms with Crippen molar-refractivity contribution in [3.05, 3.63) is 58.3 Å². The van der Waals surface area contributed by atoms with Crippen LogP contribution >= 0.6 is 11.6 Å². The second kappa shape index (κ2) is 5.92. The van der Waals surface area contributed by atoms with Crippen LogP contribution in [0.25, 0.3) is 0 Å². The highest BCUT2D eigenvalue weighted by atomic mass is 35.5. The number of hydrogen-bond donors (Lipinski definition) is 2. The molecule has 0 amide bonds. The second-order valence-corrected chi connectivity index (χ2v) is 4.32. The van der Waals surface area contributed by atoms with Gasteiger partial charge in [-0.15, -0.1) is 0 Å². The van der Waals surface area contributed by atoms with E-state index in [-0.39, 0.29) is 16.8 Å². The lowest BCUT2D eigenvalue weighted by molar-refractivity contribution is -0.136. The molecule has 2 rings (SSSR count). The summed E-state index contributed by atoms with van der Waals surface area (Å²) in [7, 11) is 0. The van der Waals surface area contributed by atoms with Gasteiger partial charge in [-0.2, -0.15) is 0 Å². The standard InChI is InChI=1S/C15H13ClFNO2/c1-9-5-6-13(10(7-9)8-14(19)20)18-15-11(16)3-2-4-12(15)17/h2-7,18H,8H2,1H3,(H,19,20)/i1D3,2D,3D,4D. The number of benzene rings is 2. The van der Waals surface area contributed by atoms with Crippen LogP contribution < -0.4 is 5.32 Å². The number of carbonyl (C=O) groups is 1. The molecule has 0 radical (unpaired) electrons. The summed E-state index contributed by atoms with van der Waals surface area (Å²) in [4.78, 5) is 11.1. The van der Waals surface area contributed by atoms with Crippen molar-refractivity contribution in [2.75, 3.05) is 5.32 Å². The predicted octanol–water partition coefficient (Wildman–Crippen LogP) is 4.16. The molecule has 0 fully saturated rings. The smallest absolute Gasteiger partial charge is 0.307 e. The third-order valence-electron chi connectivity index (χ3n) is 2.49. The number of hydrogen-bond acceptors (Lipinski definition) is 2. The van der Waals surface area contributed by atoms with Crippen LogP contribution in [0.4, 0.5) is 15.8 Å². The van der Waals surface area contributed by atoms with Gasteiger partial charge >= 0.3 is 5.97 Å². The molecule has 0 unspecified atom stereocenters. The highest BCUT2D eigenvalue weighted by Crippen LogP contribution is 2.30. The number of carboxylic acid groups (broad SMARTS) is 1. The van der Waals surface area contributed by atoms with Gasteiger partial charge in [0.05, 0.1) is 21.2 Å². The average Bonchev–Trinajstić information content (AvgIpc) is 2.54. The average molecular weight is 300 g/mol. The van der Waals surface area contributed by atoms with Crippen molar-refractivity contribution in [3.8, 4) is 0 Å². The zero-order valence-electron chi connectivity index (χ0n) is 16.1. The monoisotopic (exact) mass is 299 g/mol. The molecule has 0 aromatic heterocycles. The highest BCUT2D eigenvalue weighted by Gasteiger charge is 2.11. The van der Waals surface area contributed by atoms with Crippen LogP contribution in [0.2, 0.25) is 5.02 Å². The van der Waals surface area contributed by atoms with Crippen molar-refractivity contribution < 1.29 is 22.5 Å². The first-order valence-corrected chi connectivity index (χ1v) is 5.88. The first-order chi connectivity index (χ1) is 11.9. The summed E-state index contributed by atoms with van der Waals surface area (Å²) in [5, 5.41) is 11.1. The lowest BCUT2D eigenvalue weighted by Crippen LogP contribution is -2.05. The Balaban J connectivity index is 2.58. The molecule has 2 N–H and O–H groups in total. The van der Waals surface area contributed by atoms with Gasteiger partial charge in [0, 0.05) is 9.80 Å². The molecule has 0 bridgehead atoms. The highest BCUT2D eigenvalue weighted by molar-refractivity contribution is 6.33. The molecule has 104 valence electrons. The van der Waals surface area contributed by atoms with E-state index in [9.17, 15) is 9.18 Å². The summed E-state index contributed by atoms with van der Waals surface area (Å²) >= 11 is 5.89. The third-order valence-corrected chi connectivity index (χ3v) is 2.77. The van der Waals surface area contributed by atoms with Gasteiger partial charge in [0.15, 0.2) is 0 Å². The van der Waals surface area contributed by atoms with Crippen LogP contribution in [0, 0.1) is 12.7 Å². The topological polar surface area (TPSA) is 49.3 Å². The fraction of sp³-hybridized carbons (Fsp3) is 0.133. The number of aryl methyl sites for hydroxylation is 1. The number of aliphatic carboxylic acids is 1. The van der Waals surface area contributed by atoms with E-state index >= 15 is 0 Å². The molecule has 0 aliphatic heterocycles. The first kappa shape index (κ1) is 8.27. The molecule has 0 aliphatic carbocycles. The molecular weight excluding hydrogens is 281 g/mol. The number of carboxylic acids is 1. The predicted molar refractivity (Wildman–Crippen MR) is 77.2 cm³/mol. The molecule has 0 atom stereocenters. The van der Waals surface area contributed by atoms with E-state index < -0.39 is 53.9 Å². The van der Waals surface area contributed by atoms with Gasteiger partial charge in [0.1, 0.15) is 5.82 Å². The molecule has 20 heavy (non-hydrogen) atoms. The van der Waals surface area contributed by atoms with Crippen molar-refractivity contribution in [2.45, 2.75) is 13.3 Å². The Hall–Kier alpha value is -2.07. The van der Waals surface area contributed by atoms with E-state index in [1.54, 1.807) is 0 Å². The lowest BCUT2D eigenvalue weighted by atomic mass is 10.1. The number of rotatable bonds is 4. The fourth-order valence-electron chi connectivity index (χ4n) is 1.63. The normalized spacial score (nSPS) is 15.3. The maximum absolute atomic E-state index is 14.3. The Kier molecular flexibility index (Phi) is 2.45. The van der Waals surface area contributed by atoms with Crippen molar-refractivity contribution in [1.82, 2.24) is 0 Å².